The van der Waals surface area contributed by atoms with E-state index in [4.69, 9.17) is 0 Å². The molecule has 108 valence electrons. The minimum atomic E-state index is -2.90. The predicted octanol–water partition coefficient (Wildman–Crippen LogP) is 2.66. The molecule has 1 atom stereocenters. The zero-order valence-corrected chi connectivity index (χ0v) is 13.1. The lowest BCUT2D eigenvalue weighted by Gasteiger charge is -2.10. The molecule has 5 heteroatoms. The Morgan fingerprint density at radius 1 is 1.26 bits per heavy atom. The Balaban J connectivity index is 2.24. The third kappa shape index (κ3) is 6.99. The van der Waals surface area contributed by atoms with Crippen LogP contribution in [0.2, 0.25) is 0 Å². The number of rotatable bonds is 8. The van der Waals surface area contributed by atoms with Gasteiger partial charge in [-0.2, -0.15) is 0 Å². The van der Waals surface area contributed by atoms with Gasteiger partial charge in [-0.05, 0) is 31.9 Å². The molecule has 3 nitrogen and oxygen atoms in total. The van der Waals surface area contributed by atoms with Crippen molar-refractivity contribution < 1.29 is 13.5 Å². The van der Waals surface area contributed by atoms with Crippen molar-refractivity contribution in [3.05, 3.63) is 29.8 Å². The standard InChI is InChI=1S/C14H22O3S2/c1-3-19(16,17)10-4-5-13(15)11-18-14-8-6-12(2)7-9-14/h6-9,13,15H,3-5,10-11H2,1-2H3. The molecule has 19 heavy (non-hydrogen) atoms. The lowest BCUT2D eigenvalue weighted by atomic mass is 10.2. The van der Waals surface area contributed by atoms with Gasteiger partial charge in [0.1, 0.15) is 9.84 Å². The maximum Gasteiger partial charge on any atom is 0.150 e. The second kappa shape index (κ2) is 7.92. The molecule has 1 N–H and O–H groups in total. The lowest BCUT2D eigenvalue weighted by molar-refractivity contribution is 0.188. The molecular formula is C14H22O3S2. The summed E-state index contributed by atoms with van der Waals surface area (Å²) in [6.45, 7) is 3.69. The fraction of sp³-hybridized carbons (Fsp3) is 0.571. The molecule has 0 aliphatic rings. The Kier molecular flexibility index (Phi) is 6.89. The second-order valence-corrected chi connectivity index (χ2v) is 8.22. The van der Waals surface area contributed by atoms with Gasteiger partial charge in [0.15, 0.2) is 0 Å². The molecule has 0 fully saturated rings. The highest BCUT2D eigenvalue weighted by atomic mass is 32.2. The third-order valence-electron chi connectivity index (χ3n) is 2.90. The molecule has 1 rings (SSSR count). The summed E-state index contributed by atoms with van der Waals surface area (Å²) in [5, 5.41) is 9.82. The van der Waals surface area contributed by atoms with Crippen LogP contribution in [0.3, 0.4) is 0 Å². The Hall–Kier alpha value is -0.520. The molecule has 1 unspecified atom stereocenters. The average Bonchev–Trinajstić information content (AvgIpc) is 2.38. The zero-order chi connectivity index (χ0) is 14.3. The van der Waals surface area contributed by atoms with Crippen LogP contribution in [0.25, 0.3) is 0 Å². The maximum absolute atomic E-state index is 11.3. The van der Waals surface area contributed by atoms with Gasteiger partial charge in [-0.15, -0.1) is 11.8 Å². The molecule has 0 radical (unpaired) electrons. The molecule has 0 aliphatic heterocycles. The van der Waals surface area contributed by atoms with Gasteiger partial charge in [0, 0.05) is 16.4 Å². The van der Waals surface area contributed by atoms with E-state index in [1.54, 1.807) is 18.7 Å². The molecule has 0 aromatic heterocycles. The molecule has 1 aromatic rings. The van der Waals surface area contributed by atoms with E-state index in [0.29, 0.717) is 18.6 Å². The molecular weight excluding hydrogens is 280 g/mol. The van der Waals surface area contributed by atoms with Crippen LogP contribution in [0.5, 0.6) is 0 Å². The van der Waals surface area contributed by atoms with Gasteiger partial charge in [-0.1, -0.05) is 24.6 Å². The smallest absolute Gasteiger partial charge is 0.150 e. The molecule has 0 heterocycles. The summed E-state index contributed by atoms with van der Waals surface area (Å²) >= 11 is 1.60. The van der Waals surface area contributed by atoms with Crippen molar-refractivity contribution in [3.63, 3.8) is 0 Å². The third-order valence-corrected chi connectivity index (χ3v) is 5.84. The number of aryl methyl sites for hydroxylation is 1. The summed E-state index contributed by atoms with van der Waals surface area (Å²) in [6.07, 6.45) is 0.627. The fourth-order valence-electron chi connectivity index (χ4n) is 1.59. The van der Waals surface area contributed by atoms with E-state index < -0.39 is 15.9 Å². The van der Waals surface area contributed by atoms with Crippen LogP contribution >= 0.6 is 11.8 Å². The highest BCUT2D eigenvalue weighted by Gasteiger charge is 2.10. The summed E-state index contributed by atoms with van der Waals surface area (Å²) in [5.41, 5.74) is 1.22. The fourth-order valence-corrected chi connectivity index (χ4v) is 3.37. The molecule has 0 amide bonds. The predicted molar refractivity (Wildman–Crippen MR) is 81.5 cm³/mol. The van der Waals surface area contributed by atoms with Crippen molar-refractivity contribution in [2.75, 3.05) is 17.3 Å². The van der Waals surface area contributed by atoms with E-state index >= 15 is 0 Å². The second-order valence-electron chi connectivity index (χ2n) is 4.66. The van der Waals surface area contributed by atoms with Gasteiger partial charge in [0.05, 0.1) is 11.9 Å². The molecule has 0 spiro atoms. The largest absolute Gasteiger partial charge is 0.392 e. The number of sulfone groups is 1. The number of benzene rings is 1. The summed E-state index contributed by atoms with van der Waals surface area (Å²) in [5.74, 6) is 0.964. The van der Waals surface area contributed by atoms with Crippen molar-refractivity contribution in [3.8, 4) is 0 Å². The highest BCUT2D eigenvalue weighted by molar-refractivity contribution is 7.99. The van der Waals surface area contributed by atoms with Crippen molar-refractivity contribution in [2.24, 2.45) is 0 Å². The SMILES string of the molecule is CCS(=O)(=O)CCCC(O)CSc1ccc(C)cc1. The number of aliphatic hydroxyl groups is 1. The van der Waals surface area contributed by atoms with Crippen LogP contribution in [0.15, 0.2) is 29.2 Å². The summed E-state index contributed by atoms with van der Waals surface area (Å²) in [6, 6.07) is 8.16. The van der Waals surface area contributed by atoms with Crippen LogP contribution in [0, 0.1) is 6.92 Å². The van der Waals surface area contributed by atoms with E-state index in [1.165, 1.54) is 5.56 Å². The normalized spacial score (nSPS) is 13.4. The minimum Gasteiger partial charge on any atom is -0.392 e. The zero-order valence-electron chi connectivity index (χ0n) is 11.5. The first kappa shape index (κ1) is 16.5. The van der Waals surface area contributed by atoms with E-state index in [1.807, 2.05) is 31.2 Å². The van der Waals surface area contributed by atoms with Crippen LogP contribution in [-0.2, 0) is 9.84 Å². The molecule has 0 saturated heterocycles. The van der Waals surface area contributed by atoms with Crippen molar-refractivity contribution >= 4 is 21.6 Å². The quantitative estimate of drug-likeness (QED) is 0.750. The monoisotopic (exact) mass is 302 g/mol. The molecule has 0 bridgehead atoms. The Morgan fingerprint density at radius 2 is 1.89 bits per heavy atom. The van der Waals surface area contributed by atoms with Gasteiger partial charge >= 0.3 is 0 Å². The minimum absolute atomic E-state index is 0.176. The van der Waals surface area contributed by atoms with Crippen molar-refractivity contribution in [1.29, 1.82) is 0 Å². The van der Waals surface area contributed by atoms with E-state index in [9.17, 15) is 13.5 Å². The van der Waals surface area contributed by atoms with Crippen LogP contribution in [0.4, 0.5) is 0 Å². The number of hydrogen-bond acceptors (Lipinski definition) is 4. The van der Waals surface area contributed by atoms with Gasteiger partial charge in [0.25, 0.3) is 0 Å². The maximum atomic E-state index is 11.3. The van der Waals surface area contributed by atoms with Gasteiger partial charge < -0.3 is 5.11 Å². The van der Waals surface area contributed by atoms with Crippen LogP contribution in [-0.4, -0.2) is 36.9 Å². The molecule has 0 saturated carbocycles. The van der Waals surface area contributed by atoms with E-state index in [2.05, 4.69) is 0 Å². The summed E-state index contributed by atoms with van der Waals surface area (Å²) < 4.78 is 22.6. The van der Waals surface area contributed by atoms with Crippen LogP contribution in [0.1, 0.15) is 25.3 Å². The summed E-state index contributed by atoms with van der Waals surface area (Å²) in [4.78, 5) is 1.13. The Bertz CT molecular complexity index is 466. The average molecular weight is 302 g/mol. The number of hydrogen-bond donors (Lipinski definition) is 1. The van der Waals surface area contributed by atoms with E-state index in [0.717, 1.165) is 4.90 Å². The number of thioether (sulfide) groups is 1. The van der Waals surface area contributed by atoms with Crippen LogP contribution < -0.4 is 0 Å². The molecule has 1 aromatic carbocycles. The first-order chi connectivity index (χ1) is 8.93. The first-order valence-electron chi connectivity index (χ1n) is 6.51. The lowest BCUT2D eigenvalue weighted by Crippen LogP contribution is -2.14. The van der Waals surface area contributed by atoms with Crippen molar-refractivity contribution in [2.45, 2.75) is 37.7 Å². The Morgan fingerprint density at radius 3 is 2.47 bits per heavy atom. The van der Waals surface area contributed by atoms with Gasteiger partial charge in [-0.3, -0.25) is 0 Å². The number of aliphatic hydroxyl groups excluding tert-OH is 1. The van der Waals surface area contributed by atoms with Crippen molar-refractivity contribution in [1.82, 2.24) is 0 Å². The first-order valence-corrected chi connectivity index (χ1v) is 9.31. The molecule has 0 aliphatic carbocycles. The Labute approximate surface area is 120 Å². The van der Waals surface area contributed by atoms with Gasteiger partial charge in [0.2, 0.25) is 0 Å². The topological polar surface area (TPSA) is 54.4 Å². The summed E-state index contributed by atoms with van der Waals surface area (Å²) in [7, 11) is -2.90. The van der Waals surface area contributed by atoms with Gasteiger partial charge in [-0.25, -0.2) is 8.42 Å². The van der Waals surface area contributed by atoms with E-state index in [-0.39, 0.29) is 11.5 Å². The highest BCUT2D eigenvalue weighted by Crippen LogP contribution is 2.20.